The van der Waals surface area contributed by atoms with Crippen molar-refractivity contribution < 1.29 is 4.74 Å². The van der Waals surface area contributed by atoms with Gasteiger partial charge in [0, 0.05) is 31.3 Å². The summed E-state index contributed by atoms with van der Waals surface area (Å²) in [5.74, 6) is 0.682. The summed E-state index contributed by atoms with van der Waals surface area (Å²) >= 11 is 0. The number of hydrogen-bond donors (Lipinski definition) is 1. The lowest BCUT2D eigenvalue weighted by Gasteiger charge is -2.41. The van der Waals surface area contributed by atoms with Crippen molar-refractivity contribution >= 4 is 0 Å². The van der Waals surface area contributed by atoms with Gasteiger partial charge in [-0.25, -0.2) is 0 Å². The molecule has 0 aliphatic carbocycles. The number of nitrogens with two attached hydrogens (primary N) is 1. The maximum Gasteiger partial charge on any atom is 0.0637 e. The smallest absolute Gasteiger partial charge is 0.0637 e. The molecule has 3 heteroatoms. The predicted octanol–water partition coefficient (Wildman–Crippen LogP) is 1.47. The van der Waals surface area contributed by atoms with Crippen LogP contribution < -0.4 is 5.73 Å². The largest absolute Gasteiger partial charge is 0.380 e. The minimum atomic E-state index is 0.278. The fraction of sp³-hybridized carbons (Fsp3) is 1.00. The molecule has 1 fully saturated rings. The first-order chi connectivity index (χ1) is 7.02. The fourth-order valence-corrected chi connectivity index (χ4v) is 2.23. The van der Waals surface area contributed by atoms with E-state index in [9.17, 15) is 0 Å². The highest BCUT2D eigenvalue weighted by atomic mass is 16.5. The molecule has 1 rings (SSSR count). The van der Waals surface area contributed by atoms with Gasteiger partial charge in [0.15, 0.2) is 0 Å². The predicted molar refractivity (Wildman–Crippen MR) is 63.9 cm³/mol. The topological polar surface area (TPSA) is 38.5 Å². The normalized spacial score (nSPS) is 28.0. The zero-order valence-corrected chi connectivity index (χ0v) is 10.6. The molecule has 0 amide bonds. The Morgan fingerprint density at radius 3 is 2.47 bits per heavy atom. The summed E-state index contributed by atoms with van der Waals surface area (Å²) < 4.78 is 5.54. The molecule has 2 N–H and O–H groups in total. The van der Waals surface area contributed by atoms with Gasteiger partial charge in [-0.1, -0.05) is 13.8 Å². The fourth-order valence-electron chi connectivity index (χ4n) is 2.23. The van der Waals surface area contributed by atoms with Crippen LogP contribution in [0, 0.1) is 5.92 Å². The van der Waals surface area contributed by atoms with E-state index in [0.29, 0.717) is 18.0 Å². The molecule has 15 heavy (non-hydrogen) atoms. The Balaban J connectivity index is 2.60. The van der Waals surface area contributed by atoms with Crippen LogP contribution in [0.15, 0.2) is 0 Å². The Morgan fingerprint density at radius 2 is 2.00 bits per heavy atom. The quantitative estimate of drug-likeness (QED) is 0.770. The highest BCUT2D eigenvalue weighted by Crippen LogP contribution is 2.17. The molecule has 3 nitrogen and oxygen atoms in total. The molecule has 0 saturated carbocycles. The monoisotopic (exact) mass is 214 g/mol. The van der Waals surface area contributed by atoms with Crippen LogP contribution in [0.1, 0.15) is 34.1 Å². The molecule has 1 aliphatic heterocycles. The standard InChI is InChI=1S/C12H26N2O/c1-9(2)7-14(10(3)4)12-8-15-6-5-11(12)13/h9-12H,5-8,13H2,1-4H3. The zero-order chi connectivity index (χ0) is 11.4. The van der Waals surface area contributed by atoms with Crippen LogP contribution in [0.5, 0.6) is 0 Å². The third kappa shape index (κ3) is 3.74. The summed E-state index contributed by atoms with van der Waals surface area (Å²) in [6.45, 7) is 11.7. The van der Waals surface area contributed by atoms with Crippen molar-refractivity contribution in [1.29, 1.82) is 0 Å². The van der Waals surface area contributed by atoms with E-state index in [4.69, 9.17) is 10.5 Å². The van der Waals surface area contributed by atoms with Gasteiger partial charge in [-0.3, -0.25) is 4.90 Å². The minimum Gasteiger partial charge on any atom is -0.380 e. The van der Waals surface area contributed by atoms with Crippen molar-refractivity contribution in [3.05, 3.63) is 0 Å². The highest BCUT2D eigenvalue weighted by molar-refractivity contribution is 4.86. The second-order valence-electron chi connectivity index (χ2n) is 5.28. The molecule has 90 valence electrons. The van der Waals surface area contributed by atoms with E-state index in [-0.39, 0.29) is 6.04 Å². The molecule has 1 saturated heterocycles. The third-order valence-electron chi connectivity index (χ3n) is 3.04. The van der Waals surface area contributed by atoms with Crippen LogP contribution in [-0.4, -0.2) is 42.8 Å². The maximum absolute atomic E-state index is 6.17. The van der Waals surface area contributed by atoms with Crippen LogP contribution in [0.4, 0.5) is 0 Å². The summed E-state index contributed by atoms with van der Waals surface area (Å²) in [6.07, 6.45) is 0.992. The number of rotatable bonds is 4. The van der Waals surface area contributed by atoms with Gasteiger partial charge >= 0.3 is 0 Å². The van der Waals surface area contributed by atoms with Gasteiger partial charge in [-0.2, -0.15) is 0 Å². The van der Waals surface area contributed by atoms with Crippen molar-refractivity contribution in [2.24, 2.45) is 11.7 Å². The summed E-state index contributed by atoms with van der Waals surface area (Å²) in [5, 5.41) is 0. The lowest BCUT2D eigenvalue weighted by Crippen LogP contribution is -2.56. The van der Waals surface area contributed by atoms with Gasteiger partial charge in [-0.15, -0.1) is 0 Å². The van der Waals surface area contributed by atoms with Gasteiger partial charge < -0.3 is 10.5 Å². The third-order valence-corrected chi connectivity index (χ3v) is 3.04. The molecule has 2 unspecified atom stereocenters. The molecule has 0 radical (unpaired) electrons. The first-order valence-electron chi connectivity index (χ1n) is 6.11. The maximum atomic E-state index is 6.17. The summed E-state index contributed by atoms with van der Waals surface area (Å²) in [4.78, 5) is 2.49. The van der Waals surface area contributed by atoms with Crippen molar-refractivity contribution in [1.82, 2.24) is 4.90 Å². The number of hydrogen-bond acceptors (Lipinski definition) is 3. The Labute approximate surface area is 94.0 Å². The average molecular weight is 214 g/mol. The zero-order valence-electron chi connectivity index (χ0n) is 10.6. The van der Waals surface area contributed by atoms with E-state index in [1.165, 1.54) is 0 Å². The summed E-state index contributed by atoms with van der Waals surface area (Å²) in [5.41, 5.74) is 6.17. The molecule has 0 aromatic heterocycles. The van der Waals surface area contributed by atoms with E-state index >= 15 is 0 Å². The van der Waals surface area contributed by atoms with Crippen LogP contribution in [0.25, 0.3) is 0 Å². The molecule has 2 atom stereocenters. The molecule has 0 spiro atoms. The molecular weight excluding hydrogens is 188 g/mol. The van der Waals surface area contributed by atoms with Crippen molar-refractivity contribution in [3.8, 4) is 0 Å². The van der Waals surface area contributed by atoms with Crippen LogP contribution in [0.2, 0.25) is 0 Å². The second-order valence-corrected chi connectivity index (χ2v) is 5.28. The van der Waals surface area contributed by atoms with Crippen molar-refractivity contribution in [2.75, 3.05) is 19.8 Å². The Morgan fingerprint density at radius 1 is 1.33 bits per heavy atom. The SMILES string of the molecule is CC(C)CN(C(C)C)C1COCCC1N. The van der Waals surface area contributed by atoms with Gasteiger partial charge in [0.1, 0.15) is 0 Å². The first-order valence-corrected chi connectivity index (χ1v) is 6.11. The van der Waals surface area contributed by atoms with E-state index in [0.717, 1.165) is 26.2 Å². The second kappa shape index (κ2) is 5.83. The van der Waals surface area contributed by atoms with E-state index in [2.05, 4.69) is 32.6 Å². The molecule has 1 aliphatic rings. The summed E-state index contributed by atoms with van der Waals surface area (Å²) in [6, 6.07) is 1.23. The molecular formula is C12H26N2O. The van der Waals surface area contributed by atoms with Crippen LogP contribution in [-0.2, 0) is 4.74 Å². The van der Waals surface area contributed by atoms with E-state index < -0.39 is 0 Å². The lowest BCUT2D eigenvalue weighted by molar-refractivity contribution is -0.0103. The Kier molecular flexibility index (Phi) is 5.03. The van der Waals surface area contributed by atoms with Gasteiger partial charge in [0.2, 0.25) is 0 Å². The summed E-state index contributed by atoms with van der Waals surface area (Å²) in [7, 11) is 0. The minimum absolute atomic E-state index is 0.278. The Bertz CT molecular complexity index is 182. The van der Waals surface area contributed by atoms with Gasteiger partial charge in [0.05, 0.1) is 6.61 Å². The van der Waals surface area contributed by atoms with Crippen LogP contribution in [0.3, 0.4) is 0 Å². The Hall–Kier alpha value is -0.120. The molecule has 0 bridgehead atoms. The highest BCUT2D eigenvalue weighted by Gasteiger charge is 2.29. The molecule has 0 aromatic rings. The first kappa shape index (κ1) is 12.9. The van der Waals surface area contributed by atoms with Crippen molar-refractivity contribution in [3.63, 3.8) is 0 Å². The van der Waals surface area contributed by atoms with Crippen molar-refractivity contribution in [2.45, 2.75) is 52.2 Å². The van der Waals surface area contributed by atoms with E-state index in [1.807, 2.05) is 0 Å². The average Bonchev–Trinajstić information content (AvgIpc) is 2.15. The number of nitrogens with zero attached hydrogens (tertiary/aromatic N) is 1. The molecule has 1 heterocycles. The number of ether oxygens (including phenoxy) is 1. The lowest BCUT2D eigenvalue weighted by atomic mass is 10.00. The van der Waals surface area contributed by atoms with Gasteiger partial charge in [-0.05, 0) is 26.2 Å². The van der Waals surface area contributed by atoms with E-state index in [1.54, 1.807) is 0 Å². The van der Waals surface area contributed by atoms with Crippen LogP contribution >= 0.6 is 0 Å². The van der Waals surface area contributed by atoms with Gasteiger partial charge in [0.25, 0.3) is 0 Å². The molecule has 0 aromatic carbocycles.